The van der Waals surface area contributed by atoms with Crippen LogP contribution in [-0.4, -0.2) is 11.6 Å². The highest BCUT2D eigenvalue weighted by Gasteiger charge is 2.21. The first-order chi connectivity index (χ1) is 8.24. The van der Waals surface area contributed by atoms with Gasteiger partial charge in [0, 0.05) is 11.1 Å². The molecule has 17 heavy (non-hydrogen) atoms. The fourth-order valence-electron chi connectivity index (χ4n) is 2.19. The van der Waals surface area contributed by atoms with Crippen LogP contribution in [0.3, 0.4) is 0 Å². The monoisotopic (exact) mass is 228 g/mol. The van der Waals surface area contributed by atoms with E-state index in [4.69, 9.17) is 0 Å². The van der Waals surface area contributed by atoms with Crippen LogP contribution < -0.4 is 0 Å². The minimum absolute atomic E-state index is 0.0355. The van der Waals surface area contributed by atoms with Gasteiger partial charge in [0.05, 0.1) is 0 Å². The first-order valence-electron chi connectivity index (χ1n) is 6.12. The molecule has 0 heterocycles. The van der Waals surface area contributed by atoms with Crippen molar-refractivity contribution in [1.82, 2.24) is 0 Å². The van der Waals surface area contributed by atoms with Crippen LogP contribution in [0, 0.1) is 0 Å². The third kappa shape index (κ3) is 2.36. The molecule has 0 saturated heterocycles. The minimum Gasteiger partial charge on any atom is -0.289 e. The average molecular weight is 228 g/mol. The van der Waals surface area contributed by atoms with Crippen LogP contribution in [0.2, 0.25) is 0 Å². The van der Waals surface area contributed by atoms with Crippen molar-refractivity contribution in [3.8, 4) is 0 Å². The quantitative estimate of drug-likeness (QED) is 0.740. The maximum atomic E-state index is 11.8. The topological polar surface area (TPSA) is 34.1 Å². The summed E-state index contributed by atoms with van der Waals surface area (Å²) in [5.41, 5.74) is 2.20. The second-order valence-electron chi connectivity index (χ2n) is 4.36. The molecule has 88 valence electrons. The molecule has 0 N–H and O–H groups in total. The van der Waals surface area contributed by atoms with Gasteiger partial charge in [-0.1, -0.05) is 38.0 Å². The fourth-order valence-corrected chi connectivity index (χ4v) is 2.19. The number of hydrogen-bond donors (Lipinski definition) is 0. The van der Waals surface area contributed by atoms with E-state index in [-0.39, 0.29) is 11.6 Å². The zero-order chi connectivity index (χ0) is 12.3. The van der Waals surface area contributed by atoms with Crippen molar-refractivity contribution in [2.24, 2.45) is 0 Å². The zero-order valence-electron chi connectivity index (χ0n) is 10.0. The van der Waals surface area contributed by atoms with Crippen molar-refractivity contribution in [1.29, 1.82) is 0 Å². The molecule has 1 aromatic carbocycles. The molecule has 0 bridgehead atoms. The molecule has 2 heteroatoms. The summed E-state index contributed by atoms with van der Waals surface area (Å²) in [5, 5.41) is 0. The molecule has 1 aromatic rings. The van der Waals surface area contributed by atoms with E-state index >= 15 is 0 Å². The largest absolute Gasteiger partial charge is 0.289 e. The highest BCUT2D eigenvalue weighted by molar-refractivity contribution is 6.22. The lowest BCUT2D eigenvalue weighted by Crippen LogP contribution is -2.14. The lowest BCUT2D eigenvalue weighted by molar-refractivity contribution is 0.0993. The number of fused-ring (bicyclic) bond motifs is 1. The number of carbonyl (C=O) groups excluding carboxylic acids is 2. The number of ketones is 2. The Kier molecular flexibility index (Phi) is 3.52. The molecule has 0 atom stereocenters. The van der Waals surface area contributed by atoms with E-state index in [1.54, 1.807) is 6.07 Å². The summed E-state index contributed by atoms with van der Waals surface area (Å²) < 4.78 is 0. The number of hydrogen-bond acceptors (Lipinski definition) is 2. The molecule has 1 aliphatic carbocycles. The molecular weight excluding hydrogens is 212 g/mol. The van der Waals surface area contributed by atoms with Crippen molar-refractivity contribution >= 4 is 11.6 Å². The van der Waals surface area contributed by atoms with E-state index in [1.165, 1.54) is 12.2 Å². The summed E-state index contributed by atoms with van der Waals surface area (Å²) in [5.74, 6) is -0.0939. The summed E-state index contributed by atoms with van der Waals surface area (Å²) >= 11 is 0. The Morgan fingerprint density at radius 3 is 2.53 bits per heavy atom. The van der Waals surface area contributed by atoms with Gasteiger partial charge in [-0.25, -0.2) is 0 Å². The number of aryl methyl sites for hydroxylation is 1. The van der Waals surface area contributed by atoms with Gasteiger partial charge in [0.1, 0.15) is 0 Å². The van der Waals surface area contributed by atoms with Gasteiger partial charge in [0.25, 0.3) is 0 Å². The van der Waals surface area contributed by atoms with Crippen LogP contribution in [0.5, 0.6) is 0 Å². The minimum atomic E-state index is -0.0584. The van der Waals surface area contributed by atoms with Gasteiger partial charge < -0.3 is 0 Å². The van der Waals surface area contributed by atoms with Gasteiger partial charge in [-0.15, -0.1) is 0 Å². The van der Waals surface area contributed by atoms with E-state index in [9.17, 15) is 9.59 Å². The van der Waals surface area contributed by atoms with Crippen molar-refractivity contribution < 1.29 is 9.59 Å². The molecular formula is C15H16O2. The zero-order valence-corrected chi connectivity index (χ0v) is 10.0. The van der Waals surface area contributed by atoms with E-state index in [0.717, 1.165) is 31.2 Å². The van der Waals surface area contributed by atoms with Crippen LogP contribution in [0.4, 0.5) is 0 Å². The Morgan fingerprint density at radius 1 is 1.00 bits per heavy atom. The van der Waals surface area contributed by atoms with Gasteiger partial charge >= 0.3 is 0 Å². The van der Waals surface area contributed by atoms with E-state index in [0.29, 0.717) is 11.1 Å². The van der Waals surface area contributed by atoms with Crippen molar-refractivity contribution in [2.75, 3.05) is 0 Å². The summed E-state index contributed by atoms with van der Waals surface area (Å²) in [4.78, 5) is 23.5. The molecule has 1 aliphatic rings. The second-order valence-corrected chi connectivity index (χ2v) is 4.36. The summed E-state index contributed by atoms with van der Waals surface area (Å²) in [7, 11) is 0. The van der Waals surface area contributed by atoms with Crippen LogP contribution in [0.15, 0.2) is 30.4 Å². The predicted molar refractivity (Wildman–Crippen MR) is 67.5 cm³/mol. The standard InChI is InChI=1S/C15H16O2/c1-2-3-4-6-11-7-5-8-12-13(16)9-10-14(17)15(11)12/h5,7-10H,2-4,6H2,1H3. The molecule has 0 fully saturated rings. The number of benzene rings is 1. The first kappa shape index (κ1) is 11.8. The smallest absolute Gasteiger partial charge is 0.186 e. The normalized spacial score (nSPS) is 13.9. The summed E-state index contributed by atoms with van der Waals surface area (Å²) in [6, 6.07) is 5.56. The predicted octanol–water partition coefficient (Wildman–Crippen LogP) is 3.35. The number of unbranched alkanes of at least 4 members (excludes halogenated alkanes) is 2. The molecule has 0 unspecified atom stereocenters. The maximum absolute atomic E-state index is 11.8. The van der Waals surface area contributed by atoms with Gasteiger partial charge in [0.15, 0.2) is 11.6 Å². The third-order valence-corrected chi connectivity index (χ3v) is 3.10. The van der Waals surface area contributed by atoms with Gasteiger partial charge in [-0.05, 0) is 30.6 Å². The molecule has 0 saturated carbocycles. The van der Waals surface area contributed by atoms with E-state index < -0.39 is 0 Å². The molecule has 2 nitrogen and oxygen atoms in total. The Hall–Kier alpha value is -1.70. The Morgan fingerprint density at radius 2 is 1.76 bits per heavy atom. The molecule has 0 aliphatic heterocycles. The van der Waals surface area contributed by atoms with Crippen LogP contribution in [0.1, 0.15) is 52.5 Å². The number of rotatable bonds is 4. The highest BCUT2D eigenvalue weighted by atomic mass is 16.1. The van der Waals surface area contributed by atoms with Crippen molar-refractivity contribution in [3.63, 3.8) is 0 Å². The Balaban J connectivity index is 2.33. The molecule has 0 spiro atoms. The Labute approximate surface area is 101 Å². The van der Waals surface area contributed by atoms with Crippen LogP contribution in [-0.2, 0) is 6.42 Å². The van der Waals surface area contributed by atoms with E-state index in [1.807, 2.05) is 12.1 Å². The lowest BCUT2D eigenvalue weighted by atomic mass is 9.89. The number of allylic oxidation sites excluding steroid dienone is 2. The summed E-state index contributed by atoms with van der Waals surface area (Å²) in [6.07, 6.45) is 7.00. The molecule has 0 aromatic heterocycles. The second kappa shape index (κ2) is 5.09. The molecule has 2 rings (SSSR count). The average Bonchev–Trinajstić information content (AvgIpc) is 2.34. The third-order valence-electron chi connectivity index (χ3n) is 3.10. The van der Waals surface area contributed by atoms with E-state index in [2.05, 4.69) is 6.92 Å². The van der Waals surface area contributed by atoms with Gasteiger partial charge in [0.2, 0.25) is 0 Å². The first-order valence-corrected chi connectivity index (χ1v) is 6.12. The molecule has 0 amide bonds. The van der Waals surface area contributed by atoms with Crippen molar-refractivity contribution in [2.45, 2.75) is 32.6 Å². The van der Waals surface area contributed by atoms with Gasteiger partial charge in [-0.2, -0.15) is 0 Å². The van der Waals surface area contributed by atoms with Gasteiger partial charge in [-0.3, -0.25) is 9.59 Å². The summed E-state index contributed by atoms with van der Waals surface area (Å²) in [6.45, 7) is 2.15. The van der Waals surface area contributed by atoms with Crippen molar-refractivity contribution in [3.05, 3.63) is 47.0 Å². The Bertz CT molecular complexity index is 484. The SMILES string of the molecule is CCCCCc1cccc2c1C(=O)C=CC2=O. The maximum Gasteiger partial charge on any atom is 0.186 e. The molecule has 0 radical (unpaired) electrons. The lowest BCUT2D eigenvalue weighted by Gasteiger charge is -2.13. The van der Waals surface area contributed by atoms with Crippen LogP contribution >= 0.6 is 0 Å². The van der Waals surface area contributed by atoms with Crippen LogP contribution in [0.25, 0.3) is 0 Å². The number of carbonyl (C=O) groups is 2. The highest BCUT2D eigenvalue weighted by Crippen LogP contribution is 2.22. The fraction of sp³-hybridized carbons (Fsp3) is 0.333.